The zero-order valence-electron chi connectivity index (χ0n) is 10.9. The maximum absolute atomic E-state index is 5.51. The van der Waals surface area contributed by atoms with E-state index in [4.69, 9.17) is 9.47 Å². The standard InChI is InChI=1S/C13H26O2/c1-11(2)8-14-7-6-13(5)10-15-9-12(3)4/h6,11-12H,7-10H2,1-5H3. The molecule has 2 heteroatoms. The van der Waals surface area contributed by atoms with Gasteiger partial charge >= 0.3 is 0 Å². The average Bonchev–Trinajstić information content (AvgIpc) is 2.11. The highest BCUT2D eigenvalue weighted by Crippen LogP contribution is 1.99. The first kappa shape index (κ1) is 14.7. The van der Waals surface area contributed by atoms with Crippen molar-refractivity contribution in [1.29, 1.82) is 0 Å². The molecule has 0 amide bonds. The quantitative estimate of drug-likeness (QED) is 0.456. The highest BCUT2D eigenvalue weighted by Gasteiger charge is 1.95. The van der Waals surface area contributed by atoms with Gasteiger partial charge in [0.25, 0.3) is 0 Å². The van der Waals surface area contributed by atoms with Crippen LogP contribution in [0, 0.1) is 11.8 Å². The van der Waals surface area contributed by atoms with Crippen LogP contribution in [-0.4, -0.2) is 26.4 Å². The molecule has 0 aromatic heterocycles. The number of ether oxygens (including phenoxy) is 2. The van der Waals surface area contributed by atoms with Crippen molar-refractivity contribution in [3.8, 4) is 0 Å². The summed E-state index contributed by atoms with van der Waals surface area (Å²) < 4.78 is 11.0. The second kappa shape index (κ2) is 8.93. The fraction of sp³-hybridized carbons (Fsp3) is 0.846. The second-order valence-electron chi connectivity index (χ2n) is 4.89. The molecule has 0 saturated heterocycles. The van der Waals surface area contributed by atoms with Gasteiger partial charge in [0.15, 0.2) is 0 Å². The van der Waals surface area contributed by atoms with Gasteiger partial charge in [0.2, 0.25) is 0 Å². The summed E-state index contributed by atoms with van der Waals surface area (Å²) >= 11 is 0. The van der Waals surface area contributed by atoms with Crippen LogP contribution in [0.25, 0.3) is 0 Å². The Morgan fingerprint density at radius 1 is 1.00 bits per heavy atom. The molecule has 0 radical (unpaired) electrons. The lowest BCUT2D eigenvalue weighted by atomic mass is 10.2. The van der Waals surface area contributed by atoms with Crippen LogP contribution in [-0.2, 0) is 9.47 Å². The van der Waals surface area contributed by atoms with E-state index in [-0.39, 0.29) is 0 Å². The van der Waals surface area contributed by atoms with E-state index < -0.39 is 0 Å². The monoisotopic (exact) mass is 214 g/mol. The van der Waals surface area contributed by atoms with Crippen molar-refractivity contribution < 1.29 is 9.47 Å². The molecule has 0 aromatic rings. The zero-order valence-corrected chi connectivity index (χ0v) is 10.9. The summed E-state index contributed by atoms with van der Waals surface area (Å²) in [6.45, 7) is 13.8. The van der Waals surface area contributed by atoms with Gasteiger partial charge < -0.3 is 9.47 Å². The molecule has 0 aromatic carbocycles. The maximum atomic E-state index is 5.51. The van der Waals surface area contributed by atoms with E-state index in [0.29, 0.717) is 18.4 Å². The van der Waals surface area contributed by atoms with E-state index in [1.807, 2.05) is 0 Å². The summed E-state index contributed by atoms with van der Waals surface area (Å²) in [4.78, 5) is 0. The van der Waals surface area contributed by atoms with Crippen molar-refractivity contribution in [3.05, 3.63) is 11.6 Å². The summed E-state index contributed by atoms with van der Waals surface area (Å²) in [7, 11) is 0. The van der Waals surface area contributed by atoms with Crippen LogP contribution >= 0.6 is 0 Å². The summed E-state index contributed by atoms with van der Waals surface area (Å²) in [5.74, 6) is 1.21. The van der Waals surface area contributed by atoms with Crippen LogP contribution in [0.4, 0.5) is 0 Å². The Kier molecular flexibility index (Phi) is 8.73. The molecule has 0 atom stereocenters. The van der Waals surface area contributed by atoms with Crippen LogP contribution in [0.1, 0.15) is 34.6 Å². The Morgan fingerprint density at radius 3 is 2.07 bits per heavy atom. The molecule has 15 heavy (non-hydrogen) atoms. The molecular formula is C13H26O2. The van der Waals surface area contributed by atoms with Crippen molar-refractivity contribution in [1.82, 2.24) is 0 Å². The Balaban J connectivity index is 3.44. The van der Waals surface area contributed by atoms with Crippen LogP contribution in [0.3, 0.4) is 0 Å². The number of hydrogen-bond acceptors (Lipinski definition) is 2. The third kappa shape index (κ3) is 11.6. The third-order valence-electron chi connectivity index (χ3n) is 1.78. The van der Waals surface area contributed by atoms with Gasteiger partial charge in [-0.2, -0.15) is 0 Å². The molecule has 0 spiro atoms. The van der Waals surface area contributed by atoms with E-state index in [1.54, 1.807) is 0 Å². The van der Waals surface area contributed by atoms with Gasteiger partial charge in [-0.3, -0.25) is 0 Å². The minimum absolute atomic E-state index is 0.606. The lowest BCUT2D eigenvalue weighted by Crippen LogP contribution is -2.05. The highest BCUT2D eigenvalue weighted by molar-refractivity contribution is 4.98. The number of hydrogen-bond donors (Lipinski definition) is 0. The van der Waals surface area contributed by atoms with Gasteiger partial charge in [-0.1, -0.05) is 33.8 Å². The molecule has 0 N–H and O–H groups in total. The van der Waals surface area contributed by atoms with E-state index >= 15 is 0 Å². The Morgan fingerprint density at radius 2 is 1.53 bits per heavy atom. The first-order valence-electron chi connectivity index (χ1n) is 5.83. The Hall–Kier alpha value is -0.340. The van der Waals surface area contributed by atoms with Crippen LogP contribution in [0.5, 0.6) is 0 Å². The normalized spacial score (nSPS) is 12.9. The second-order valence-corrected chi connectivity index (χ2v) is 4.89. The smallest absolute Gasteiger partial charge is 0.0675 e. The molecule has 0 fully saturated rings. The van der Waals surface area contributed by atoms with Crippen LogP contribution < -0.4 is 0 Å². The SMILES string of the molecule is CC(=CCOCC(C)C)COCC(C)C. The Bertz CT molecular complexity index is 171. The zero-order chi connectivity index (χ0) is 11.7. The van der Waals surface area contributed by atoms with Gasteiger partial charge in [0.1, 0.15) is 0 Å². The van der Waals surface area contributed by atoms with Crippen LogP contribution in [0.15, 0.2) is 11.6 Å². The van der Waals surface area contributed by atoms with Crippen molar-refractivity contribution in [2.75, 3.05) is 26.4 Å². The summed E-state index contributed by atoms with van der Waals surface area (Å²) in [5, 5.41) is 0. The lowest BCUT2D eigenvalue weighted by molar-refractivity contribution is 0.123. The fourth-order valence-corrected chi connectivity index (χ4v) is 1.02. The first-order valence-corrected chi connectivity index (χ1v) is 5.83. The molecule has 0 aliphatic heterocycles. The van der Waals surface area contributed by atoms with E-state index in [9.17, 15) is 0 Å². The van der Waals surface area contributed by atoms with Crippen molar-refractivity contribution in [2.24, 2.45) is 11.8 Å². The van der Waals surface area contributed by atoms with Gasteiger partial charge in [-0.15, -0.1) is 0 Å². The maximum Gasteiger partial charge on any atom is 0.0675 e. The summed E-state index contributed by atoms with van der Waals surface area (Å²) in [6, 6.07) is 0. The molecular weight excluding hydrogens is 188 g/mol. The largest absolute Gasteiger partial charge is 0.377 e. The summed E-state index contributed by atoms with van der Waals surface area (Å²) in [5.41, 5.74) is 1.25. The first-order chi connectivity index (χ1) is 7.02. The minimum Gasteiger partial charge on any atom is -0.377 e. The molecule has 0 aliphatic carbocycles. The predicted molar refractivity (Wildman–Crippen MR) is 65.1 cm³/mol. The predicted octanol–water partition coefficient (Wildman–Crippen LogP) is 3.28. The molecule has 0 heterocycles. The van der Waals surface area contributed by atoms with Gasteiger partial charge in [0, 0.05) is 13.2 Å². The van der Waals surface area contributed by atoms with E-state index in [1.165, 1.54) is 5.57 Å². The average molecular weight is 214 g/mol. The van der Waals surface area contributed by atoms with Crippen molar-refractivity contribution in [2.45, 2.75) is 34.6 Å². The van der Waals surface area contributed by atoms with Crippen molar-refractivity contribution in [3.63, 3.8) is 0 Å². The lowest BCUT2D eigenvalue weighted by Gasteiger charge is -2.08. The molecule has 90 valence electrons. The third-order valence-corrected chi connectivity index (χ3v) is 1.78. The molecule has 2 nitrogen and oxygen atoms in total. The van der Waals surface area contributed by atoms with Gasteiger partial charge in [-0.25, -0.2) is 0 Å². The molecule has 0 bridgehead atoms. The van der Waals surface area contributed by atoms with E-state index in [0.717, 1.165) is 19.8 Å². The number of rotatable bonds is 8. The minimum atomic E-state index is 0.606. The molecule has 0 saturated carbocycles. The van der Waals surface area contributed by atoms with Gasteiger partial charge in [0.05, 0.1) is 13.2 Å². The topological polar surface area (TPSA) is 18.5 Å². The van der Waals surface area contributed by atoms with E-state index in [2.05, 4.69) is 40.7 Å². The van der Waals surface area contributed by atoms with Crippen LogP contribution in [0.2, 0.25) is 0 Å². The van der Waals surface area contributed by atoms with Gasteiger partial charge in [-0.05, 0) is 24.3 Å². The molecule has 0 aliphatic rings. The Labute approximate surface area is 94.7 Å². The molecule has 0 rings (SSSR count). The van der Waals surface area contributed by atoms with Crippen molar-refractivity contribution >= 4 is 0 Å². The fourth-order valence-electron chi connectivity index (χ4n) is 1.02. The highest BCUT2D eigenvalue weighted by atomic mass is 16.5. The summed E-state index contributed by atoms with van der Waals surface area (Å²) in [6.07, 6.45) is 2.10. The molecule has 0 unspecified atom stereocenters.